The Hall–Kier alpha value is -0.120. The van der Waals surface area contributed by atoms with Crippen LogP contribution in [0.4, 0.5) is 0 Å². The molecule has 0 amide bonds. The molecule has 1 heterocycles. The van der Waals surface area contributed by atoms with Crippen molar-refractivity contribution in [1.82, 2.24) is 9.80 Å². The molecule has 2 aliphatic rings. The first-order valence-corrected chi connectivity index (χ1v) is 8.69. The second-order valence-corrected chi connectivity index (χ2v) is 7.46. The number of hydrogen-bond acceptors (Lipinski definition) is 3. The van der Waals surface area contributed by atoms with Gasteiger partial charge >= 0.3 is 0 Å². The van der Waals surface area contributed by atoms with Gasteiger partial charge < -0.3 is 10.6 Å². The third-order valence-corrected chi connectivity index (χ3v) is 5.94. The Morgan fingerprint density at radius 2 is 1.90 bits per heavy atom. The van der Waals surface area contributed by atoms with Crippen LogP contribution < -0.4 is 5.73 Å². The topological polar surface area (TPSA) is 32.5 Å². The minimum absolute atomic E-state index is 0.297. The molecule has 0 radical (unpaired) electrons. The van der Waals surface area contributed by atoms with E-state index >= 15 is 0 Å². The van der Waals surface area contributed by atoms with E-state index in [1.165, 1.54) is 64.6 Å². The molecule has 1 aliphatic carbocycles. The van der Waals surface area contributed by atoms with E-state index in [-0.39, 0.29) is 0 Å². The molecule has 0 aromatic heterocycles. The van der Waals surface area contributed by atoms with E-state index in [1.54, 1.807) is 0 Å². The molecular weight excluding hydrogens is 246 g/mol. The molecule has 3 heteroatoms. The van der Waals surface area contributed by atoms with Crippen molar-refractivity contribution in [1.29, 1.82) is 0 Å². The quantitative estimate of drug-likeness (QED) is 0.812. The van der Waals surface area contributed by atoms with Crippen LogP contribution in [0.5, 0.6) is 0 Å². The molecule has 20 heavy (non-hydrogen) atoms. The smallest absolute Gasteiger partial charge is 0.0329 e. The van der Waals surface area contributed by atoms with Crippen molar-refractivity contribution in [2.75, 3.05) is 40.3 Å². The standard InChI is InChI=1S/C17H35N3/c1-4-5-15-6-9-17(14-18,10-7-15)20(3)13-16-8-11-19(2)12-16/h15-16H,4-14,18H2,1-3H3. The predicted octanol–water partition coefficient (Wildman–Crippen LogP) is 2.56. The molecule has 0 aromatic carbocycles. The fourth-order valence-corrected chi connectivity index (χ4v) is 4.41. The highest BCUT2D eigenvalue weighted by atomic mass is 15.2. The van der Waals surface area contributed by atoms with Crippen LogP contribution in [0.3, 0.4) is 0 Å². The Labute approximate surface area is 125 Å². The molecule has 2 rings (SSSR count). The lowest BCUT2D eigenvalue weighted by Gasteiger charge is -2.47. The van der Waals surface area contributed by atoms with E-state index in [0.717, 1.165) is 18.4 Å². The Morgan fingerprint density at radius 1 is 1.20 bits per heavy atom. The van der Waals surface area contributed by atoms with Crippen LogP contribution in [-0.2, 0) is 0 Å². The van der Waals surface area contributed by atoms with Crippen molar-refractivity contribution in [2.24, 2.45) is 17.6 Å². The third-order valence-electron chi connectivity index (χ3n) is 5.94. The van der Waals surface area contributed by atoms with Gasteiger partial charge in [-0.15, -0.1) is 0 Å². The predicted molar refractivity (Wildman–Crippen MR) is 86.9 cm³/mol. The summed E-state index contributed by atoms with van der Waals surface area (Å²) in [4.78, 5) is 5.09. The molecule has 1 saturated carbocycles. The van der Waals surface area contributed by atoms with Gasteiger partial charge in [-0.3, -0.25) is 4.90 Å². The zero-order valence-electron chi connectivity index (χ0n) is 13.9. The molecule has 1 saturated heterocycles. The van der Waals surface area contributed by atoms with Crippen LogP contribution in [0.25, 0.3) is 0 Å². The summed E-state index contributed by atoms with van der Waals surface area (Å²) < 4.78 is 0. The molecule has 1 unspecified atom stereocenters. The number of nitrogens with two attached hydrogens (primary N) is 1. The number of nitrogens with zero attached hydrogens (tertiary/aromatic N) is 2. The van der Waals surface area contributed by atoms with E-state index < -0.39 is 0 Å². The zero-order chi connectivity index (χ0) is 14.6. The van der Waals surface area contributed by atoms with Crippen molar-refractivity contribution in [2.45, 2.75) is 57.4 Å². The minimum Gasteiger partial charge on any atom is -0.329 e. The van der Waals surface area contributed by atoms with Gasteiger partial charge in [0.2, 0.25) is 0 Å². The number of likely N-dealkylation sites (N-methyl/N-ethyl adjacent to an activating group) is 1. The van der Waals surface area contributed by atoms with E-state index in [9.17, 15) is 0 Å². The Bertz CT molecular complexity index is 284. The van der Waals surface area contributed by atoms with Crippen LogP contribution in [-0.4, -0.2) is 55.6 Å². The molecule has 1 aliphatic heterocycles. The summed E-state index contributed by atoms with van der Waals surface area (Å²) in [6.45, 7) is 6.93. The molecule has 2 N–H and O–H groups in total. The SMILES string of the molecule is CCCC1CCC(CN)(N(C)CC2CCN(C)C2)CC1. The normalized spacial score (nSPS) is 35.9. The largest absolute Gasteiger partial charge is 0.329 e. The maximum Gasteiger partial charge on any atom is 0.0329 e. The van der Waals surface area contributed by atoms with Gasteiger partial charge in [-0.2, -0.15) is 0 Å². The number of hydrogen-bond donors (Lipinski definition) is 1. The van der Waals surface area contributed by atoms with Crippen molar-refractivity contribution in [3.63, 3.8) is 0 Å². The molecule has 118 valence electrons. The van der Waals surface area contributed by atoms with Crippen LogP contribution in [0, 0.1) is 11.8 Å². The summed E-state index contributed by atoms with van der Waals surface area (Å²) in [5.74, 6) is 1.81. The fourth-order valence-electron chi connectivity index (χ4n) is 4.41. The lowest BCUT2D eigenvalue weighted by molar-refractivity contribution is 0.0515. The average Bonchev–Trinajstić information content (AvgIpc) is 2.85. The average molecular weight is 281 g/mol. The van der Waals surface area contributed by atoms with E-state index in [1.807, 2.05) is 0 Å². The first-order chi connectivity index (χ1) is 9.59. The molecule has 0 bridgehead atoms. The van der Waals surface area contributed by atoms with Crippen LogP contribution >= 0.6 is 0 Å². The van der Waals surface area contributed by atoms with E-state index in [2.05, 4.69) is 30.8 Å². The van der Waals surface area contributed by atoms with Crippen LogP contribution in [0.2, 0.25) is 0 Å². The third kappa shape index (κ3) is 3.75. The Kier molecular flexibility index (Phi) is 5.88. The molecule has 2 fully saturated rings. The summed E-state index contributed by atoms with van der Waals surface area (Å²) >= 11 is 0. The summed E-state index contributed by atoms with van der Waals surface area (Å²) in [6.07, 6.45) is 9.52. The lowest BCUT2D eigenvalue weighted by Crippen LogP contribution is -2.55. The van der Waals surface area contributed by atoms with Gasteiger partial charge in [-0.1, -0.05) is 19.8 Å². The highest BCUT2D eigenvalue weighted by Crippen LogP contribution is 2.37. The molecule has 0 spiro atoms. The molecule has 1 atom stereocenters. The molecular formula is C17H35N3. The first kappa shape index (κ1) is 16.3. The minimum atomic E-state index is 0.297. The van der Waals surface area contributed by atoms with Gasteiger partial charge in [-0.05, 0) is 64.6 Å². The maximum atomic E-state index is 6.21. The zero-order valence-corrected chi connectivity index (χ0v) is 13.9. The van der Waals surface area contributed by atoms with Gasteiger partial charge in [-0.25, -0.2) is 0 Å². The molecule has 3 nitrogen and oxygen atoms in total. The van der Waals surface area contributed by atoms with Crippen LogP contribution in [0.15, 0.2) is 0 Å². The summed E-state index contributed by atoms with van der Waals surface area (Å²) in [5.41, 5.74) is 6.51. The monoisotopic (exact) mass is 281 g/mol. The highest BCUT2D eigenvalue weighted by Gasteiger charge is 2.38. The highest BCUT2D eigenvalue weighted by molar-refractivity contribution is 4.95. The lowest BCUT2D eigenvalue weighted by atomic mass is 9.74. The van der Waals surface area contributed by atoms with E-state index in [4.69, 9.17) is 5.73 Å². The van der Waals surface area contributed by atoms with Crippen molar-refractivity contribution < 1.29 is 0 Å². The fraction of sp³-hybridized carbons (Fsp3) is 1.00. The van der Waals surface area contributed by atoms with Gasteiger partial charge in [0.15, 0.2) is 0 Å². The van der Waals surface area contributed by atoms with Gasteiger partial charge in [0.05, 0.1) is 0 Å². The first-order valence-electron chi connectivity index (χ1n) is 8.69. The van der Waals surface area contributed by atoms with Gasteiger partial charge in [0.1, 0.15) is 0 Å². The van der Waals surface area contributed by atoms with Crippen molar-refractivity contribution in [3.05, 3.63) is 0 Å². The molecule has 0 aromatic rings. The van der Waals surface area contributed by atoms with Gasteiger partial charge in [0, 0.05) is 25.2 Å². The Morgan fingerprint density at radius 3 is 2.40 bits per heavy atom. The second kappa shape index (κ2) is 7.24. The van der Waals surface area contributed by atoms with Gasteiger partial charge in [0.25, 0.3) is 0 Å². The van der Waals surface area contributed by atoms with Crippen molar-refractivity contribution in [3.8, 4) is 0 Å². The summed E-state index contributed by atoms with van der Waals surface area (Å²) in [6, 6.07) is 0. The van der Waals surface area contributed by atoms with Crippen LogP contribution in [0.1, 0.15) is 51.9 Å². The van der Waals surface area contributed by atoms with Crippen molar-refractivity contribution >= 4 is 0 Å². The second-order valence-electron chi connectivity index (χ2n) is 7.46. The number of rotatable bonds is 6. The number of likely N-dealkylation sites (tertiary alicyclic amines) is 1. The summed E-state index contributed by atoms with van der Waals surface area (Å²) in [7, 11) is 4.57. The Balaban J connectivity index is 1.87. The summed E-state index contributed by atoms with van der Waals surface area (Å²) in [5, 5.41) is 0. The van der Waals surface area contributed by atoms with E-state index in [0.29, 0.717) is 5.54 Å². The maximum absolute atomic E-state index is 6.21.